The molecule has 2 aromatic heterocycles. The third kappa shape index (κ3) is 3.22. The molecule has 5 rings (SSSR count). The lowest BCUT2D eigenvalue weighted by molar-refractivity contribution is 0.202. The van der Waals surface area contributed by atoms with Crippen LogP contribution < -0.4 is 0 Å². The lowest BCUT2D eigenvalue weighted by atomic mass is 9.88. The lowest BCUT2D eigenvalue weighted by Crippen LogP contribution is -2.35. The lowest BCUT2D eigenvalue weighted by Gasteiger charge is -2.37. The fourth-order valence-electron chi connectivity index (χ4n) is 3.92. The largest absolute Gasteiger partial charge is 0.462 e. The van der Waals surface area contributed by atoms with Crippen LogP contribution >= 0.6 is 11.3 Å². The van der Waals surface area contributed by atoms with E-state index in [4.69, 9.17) is 9.40 Å². The zero-order valence-corrected chi connectivity index (χ0v) is 15.7. The predicted molar refractivity (Wildman–Crippen MR) is 109 cm³/mol. The summed E-state index contributed by atoms with van der Waals surface area (Å²) in [4.78, 5) is 7.35. The summed E-state index contributed by atoms with van der Waals surface area (Å²) in [6.07, 6.45) is 2.78. The number of hydrogen-bond donors (Lipinski definition) is 0. The predicted octanol–water partition coefficient (Wildman–Crippen LogP) is 5.55. The van der Waals surface area contributed by atoms with Crippen molar-refractivity contribution in [2.24, 2.45) is 0 Å². The number of nitrogens with zero attached hydrogens (tertiary/aromatic N) is 2. The number of fused-ring (bicyclic) bond motifs is 1. The van der Waals surface area contributed by atoms with Crippen LogP contribution in [0.2, 0.25) is 0 Å². The van der Waals surface area contributed by atoms with Gasteiger partial charge in [0.05, 0.1) is 18.0 Å². The Hall–Kier alpha value is -2.69. The number of furan rings is 1. The molecular weight excluding hydrogens is 352 g/mol. The zero-order valence-electron chi connectivity index (χ0n) is 14.9. The van der Waals surface area contributed by atoms with E-state index in [1.54, 1.807) is 17.6 Å². The number of aromatic nitrogens is 1. The van der Waals surface area contributed by atoms with Crippen molar-refractivity contribution >= 4 is 11.3 Å². The molecule has 1 unspecified atom stereocenters. The Kier molecular flexibility index (Phi) is 4.36. The molecule has 134 valence electrons. The van der Waals surface area contributed by atoms with Crippen molar-refractivity contribution in [1.82, 2.24) is 9.88 Å². The molecule has 0 bridgehead atoms. The molecule has 1 aliphatic rings. The van der Waals surface area contributed by atoms with Crippen LogP contribution in [0, 0.1) is 0 Å². The second kappa shape index (κ2) is 7.14. The van der Waals surface area contributed by atoms with Gasteiger partial charge in [0.2, 0.25) is 0 Å². The second-order valence-corrected chi connectivity index (χ2v) is 7.71. The first kappa shape index (κ1) is 16.5. The summed E-state index contributed by atoms with van der Waals surface area (Å²) in [6, 6.07) is 23.8. The van der Waals surface area contributed by atoms with Crippen LogP contribution in [-0.4, -0.2) is 16.4 Å². The van der Waals surface area contributed by atoms with Crippen LogP contribution in [0.4, 0.5) is 0 Å². The average molecular weight is 372 g/mol. The van der Waals surface area contributed by atoms with Crippen LogP contribution in [0.5, 0.6) is 0 Å². The normalized spacial score (nSPS) is 17.0. The summed E-state index contributed by atoms with van der Waals surface area (Å²) in [6.45, 7) is 1.87. The Labute approximate surface area is 162 Å². The van der Waals surface area contributed by atoms with Gasteiger partial charge in [0.25, 0.3) is 0 Å². The Morgan fingerprint density at radius 3 is 2.70 bits per heavy atom. The van der Waals surface area contributed by atoms with Crippen LogP contribution in [0.1, 0.15) is 28.4 Å². The first-order valence-electron chi connectivity index (χ1n) is 9.23. The van der Waals surface area contributed by atoms with Gasteiger partial charge in [0.15, 0.2) is 10.8 Å². The molecule has 4 heteroatoms. The molecule has 27 heavy (non-hydrogen) atoms. The Balaban J connectivity index is 1.48. The van der Waals surface area contributed by atoms with E-state index in [1.807, 2.05) is 12.1 Å². The second-order valence-electron chi connectivity index (χ2n) is 6.85. The maximum absolute atomic E-state index is 5.49. The molecule has 0 spiro atoms. The molecule has 0 radical (unpaired) electrons. The highest BCUT2D eigenvalue weighted by Crippen LogP contribution is 2.36. The van der Waals surface area contributed by atoms with Gasteiger partial charge >= 0.3 is 0 Å². The van der Waals surface area contributed by atoms with E-state index in [1.165, 1.54) is 16.7 Å². The summed E-state index contributed by atoms with van der Waals surface area (Å²) < 4.78 is 5.49. The summed E-state index contributed by atoms with van der Waals surface area (Å²) in [7, 11) is 0. The van der Waals surface area contributed by atoms with Crippen LogP contribution in [-0.2, 0) is 13.0 Å². The first-order chi connectivity index (χ1) is 13.4. The summed E-state index contributed by atoms with van der Waals surface area (Å²) in [5.74, 6) is 0.842. The smallest absolute Gasteiger partial charge is 0.162 e. The van der Waals surface area contributed by atoms with Crippen molar-refractivity contribution in [1.29, 1.82) is 0 Å². The maximum atomic E-state index is 5.49. The van der Waals surface area contributed by atoms with Crippen LogP contribution in [0.15, 0.2) is 82.8 Å². The Morgan fingerprint density at radius 2 is 1.85 bits per heavy atom. The highest BCUT2D eigenvalue weighted by atomic mass is 32.1. The van der Waals surface area contributed by atoms with E-state index in [0.717, 1.165) is 36.0 Å². The van der Waals surface area contributed by atoms with E-state index in [2.05, 4.69) is 64.9 Å². The van der Waals surface area contributed by atoms with Crippen molar-refractivity contribution in [3.63, 3.8) is 0 Å². The van der Waals surface area contributed by atoms with E-state index >= 15 is 0 Å². The van der Waals surface area contributed by atoms with Gasteiger partial charge in [0.1, 0.15) is 0 Å². The molecule has 3 nitrogen and oxygen atoms in total. The SMILES string of the molecule is c1ccc(C2c3ccccc3CCN2Cc2csc(-c3ccco3)n2)cc1. The van der Waals surface area contributed by atoms with Gasteiger partial charge in [-0.2, -0.15) is 0 Å². The average Bonchev–Trinajstić information content (AvgIpc) is 3.40. The molecule has 0 saturated carbocycles. The number of benzene rings is 2. The highest BCUT2D eigenvalue weighted by Gasteiger charge is 2.29. The van der Waals surface area contributed by atoms with E-state index in [0.29, 0.717) is 0 Å². The molecule has 0 saturated heterocycles. The van der Waals surface area contributed by atoms with Crippen molar-refractivity contribution in [2.75, 3.05) is 6.54 Å². The zero-order chi connectivity index (χ0) is 18.1. The minimum Gasteiger partial charge on any atom is -0.462 e. The molecule has 3 heterocycles. The summed E-state index contributed by atoms with van der Waals surface area (Å²) in [5, 5.41) is 3.10. The number of hydrogen-bond acceptors (Lipinski definition) is 4. The van der Waals surface area contributed by atoms with Crippen molar-refractivity contribution < 1.29 is 4.42 Å². The molecular formula is C23H20N2OS. The van der Waals surface area contributed by atoms with Gasteiger partial charge in [-0.1, -0.05) is 54.6 Å². The van der Waals surface area contributed by atoms with Crippen molar-refractivity contribution in [2.45, 2.75) is 19.0 Å². The van der Waals surface area contributed by atoms with Gasteiger partial charge in [-0.3, -0.25) is 4.90 Å². The number of thiazole rings is 1. The number of rotatable bonds is 4. The molecule has 0 fully saturated rings. The molecule has 4 aromatic rings. The van der Waals surface area contributed by atoms with E-state index < -0.39 is 0 Å². The molecule has 1 aliphatic heterocycles. The molecule has 0 aliphatic carbocycles. The quantitative estimate of drug-likeness (QED) is 0.470. The van der Waals surface area contributed by atoms with Gasteiger partial charge in [-0.05, 0) is 35.2 Å². The van der Waals surface area contributed by atoms with Gasteiger partial charge in [-0.15, -0.1) is 11.3 Å². The topological polar surface area (TPSA) is 29.3 Å². The third-order valence-electron chi connectivity index (χ3n) is 5.15. The van der Waals surface area contributed by atoms with E-state index in [9.17, 15) is 0 Å². The molecule has 0 amide bonds. The minimum atomic E-state index is 0.268. The van der Waals surface area contributed by atoms with Gasteiger partial charge < -0.3 is 4.42 Å². The fourth-order valence-corrected chi connectivity index (χ4v) is 4.69. The molecule has 2 aromatic carbocycles. The fraction of sp³-hybridized carbons (Fsp3) is 0.174. The Bertz CT molecular complexity index is 1020. The summed E-state index contributed by atoms with van der Waals surface area (Å²) >= 11 is 1.65. The standard InChI is InChI=1S/C23H20N2OS/c1-2-8-18(9-3-1)22-20-10-5-4-7-17(20)12-13-25(22)15-19-16-27-23(24-19)21-11-6-14-26-21/h1-11,14,16,22H,12-13,15H2. The summed E-state index contributed by atoms with van der Waals surface area (Å²) in [5.41, 5.74) is 5.31. The first-order valence-corrected chi connectivity index (χ1v) is 10.1. The van der Waals surface area contributed by atoms with Crippen LogP contribution in [0.25, 0.3) is 10.8 Å². The van der Waals surface area contributed by atoms with Gasteiger partial charge in [-0.25, -0.2) is 4.98 Å². The van der Waals surface area contributed by atoms with Crippen molar-refractivity contribution in [3.05, 3.63) is 101 Å². The third-order valence-corrected chi connectivity index (χ3v) is 6.05. The van der Waals surface area contributed by atoms with Gasteiger partial charge in [0, 0.05) is 18.5 Å². The maximum Gasteiger partial charge on any atom is 0.162 e. The van der Waals surface area contributed by atoms with E-state index in [-0.39, 0.29) is 6.04 Å². The minimum absolute atomic E-state index is 0.268. The molecule has 0 N–H and O–H groups in total. The van der Waals surface area contributed by atoms with Crippen LogP contribution in [0.3, 0.4) is 0 Å². The highest BCUT2D eigenvalue weighted by molar-refractivity contribution is 7.13. The molecule has 1 atom stereocenters. The monoisotopic (exact) mass is 372 g/mol. The Morgan fingerprint density at radius 1 is 1.00 bits per heavy atom. The van der Waals surface area contributed by atoms with Crippen molar-refractivity contribution in [3.8, 4) is 10.8 Å².